The van der Waals surface area contributed by atoms with Crippen LogP contribution in [0.25, 0.3) is 0 Å². The van der Waals surface area contributed by atoms with Crippen LogP contribution in [-0.2, 0) is 35.1 Å². The fourth-order valence-electron chi connectivity index (χ4n) is 2.46. The van der Waals surface area contributed by atoms with Gasteiger partial charge in [0.15, 0.2) is 0 Å². The molecule has 0 fully saturated rings. The van der Waals surface area contributed by atoms with Crippen molar-refractivity contribution >= 4 is 23.8 Å². The molecule has 2 amide bonds. The second-order valence-electron chi connectivity index (χ2n) is 7.32. The topological polar surface area (TPSA) is 111 Å². The third-order valence-corrected chi connectivity index (χ3v) is 3.57. The van der Waals surface area contributed by atoms with E-state index in [1.165, 1.54) is 6.92 Å². The molecule has 8 nitrogen and oxygen atoms in total. The first-order chi connectivity index (χ1) is 13.0. The predicted octanol–water partition coefficient (Wildman–Crippen LogP) is 1.12. The monoisotopic (exact) mass is 392 g/mol. The Morgan fingerprint density at radius 2 is 1.61 bits per heavy atom. The summed E-state index contributed by atoms with van der Waals surface area (Å²) in [7, 11) is 1.16. The van der Waals surface area contributed by atoms with E-state index in [4.69, 9.17) is 4.74 Å². The lowest BCUT2D eigenvalue weighted by Gasteiger charge is -2.24. The number of benzene rings is 1. The Labute approximate surface area is 165 Å². The minimum atomic E-state index is -1.22. The molecule has 1 aromatic rings. The molecule has 0 saturated carbocycles. The highest BCUT2D eigenvalue weighted by atomic mass is 16.6. The van der Waals surface area contributed by atoms with Gasteiger partial charge in [0.25, 0.3) is 0 Å². The van der Waals surface area contributed by atoms with Crippen molar-refractivity contribution in [2.45, 2.75) is 58.2 Å². The first kappa shape index (κ1) is 23.1. The van der Waals surface area contributed by atoms with E-state index in [0.717, 1.165) is 12.7 Å². The van der Waals surface area contributed by atoms with Gasteiger partial charge < -0.3 is 20.1 Å². The standard InChI is InChI=1S/C20H28N2O6/c1-13(23)21-15(11-14-9-7-6-8-10-14)18(25)22-16(19(26)27-5)12-17(24)28-20(2,3)4/h6-10,15-16H,11-12H2,1-5H3,(H,21,23)(H,22,25)/t15-,16+/m0/s1. The SMILES string of the molecule is COC(=O)[C@@H](CC(=O)OC(C)(C)C)NC(=O)[C@H](Cc1ccccc1)NC(C)=O. The van der Waals surface area contributed by atoms with Crippen LogP contribution < -0.4 is 10.6 Å². The molecule has 154 valence electrons. The summed E-state index contributed by atoms with van der Waals surface area (Å²) in [6.45, 7) is 6.39. The van der Waals surface area contributed by atoms with Crippen molar-refractivity contribution in [1.82, 2.24) is 10.6 Å². The first-order valence-corrected chi connectivity index (χ1v) is 8.93. The number of carbonyl (C=O) groups excluding carboxylic acids is 4. The smallest absolute Gasteiger partial charge is 0.328 e. The highest BCUT2D eigenvalue weighted by Gasteiger charge is 2.30. The van der Waals surface area contributed by atoms with Gasteiger partial charge in [0.1, 0.15) is 17.7 Å². The van der Waals surface area contributed by atoms with E-state index < -0.39 is 41.4 Å². The molecular weight excluding hydrogens is 364 g/mol. The third-order valence-electron chi connectivity index (χ3n) is 3.57. The Morgan fingerprint density at radius 1 is 1.00 bits per heavy atom. The number of nitrogens with one attached hydrogen (secondary N) is 2. The largest absolute Gasteiger partial charge is 0.467 e. The Bertz CT molecular complexity index is 696. The Morgan fingerprint density at radius 3 is 2.11 bits per heavy atom. The van der Waals surface area contributed by atoms with Crippen LogP contribution >= 0.6 is 0 Å². The van der Waals surface area contributed by atoms with Gasteiger partial charge >= 0.3 is 11.9 Å². The predicted molar refractivity (Wildman–Crippen MR) is 102 cm³/mol. The molecule has 0 bridgehead atoms. The van der Waals surface area contributed by atoms with E-state index in [-0.39, 0.29) is 12.8 Å². The van der Waals surface area contributed by atoms with Gasteiger partial charge in [0.2, 0.25) is 11.8 Å². The van der Waals surface area contributed by atoms with Crippen LogP contribution in [0.15, 0.2) is 30.3 Å². The molecule has 0 unspecified atom stereocenters. The van der Waals surface area contributed by atoms with Crippen LogP contribution in [0.4, 0.5) is 0 Å². The normalized spacial score (nSPS) is 13.0. The van der Waals surface area contributed by atoms with Crippen LogP contribution in [0.5, 0.6) is 0 Å². The van der Waals surface area contributed by atoms with Gasteiger partial charge in [0, 0.05) is 13.3 Å². The van der Waals surface area contributed by atoms with Gasteiger partial charge in [-0.25, -0.2) is 4.79 Å². The summed E-state index contributed by atoms with van der Waals surface area (Å²) in [6, 6.07) is 6.98. The number of rotatable bonds is 8. The zero-order valence-electron chi connectivity index (χ0n) is 16.9. The number of ether oxygens (including phenoxy) is 2. The van der Waals surface area contributed by atoms with E-state index >= 15 is 0 Å². The summed E-state index contributed by atoms with van der Waals surface area (Å²) in [5, 5.41) is 5.04. The molecule has 0 aliphatic carbocycles. The molecule has 2 N–H and O–H groups in total. The fraction of sp³-hybridized carbons (Fsp3) is 0.500. The van der Waals surface area contributed by atoms with E-state index in [1.807, 2.05) is 30.3 Å². The summed E-state index contributed by atoms with van der Waals surface area (Å²) >= 11 is 0. The summed E-state index contributed by atoms with van der Waals surface area (Å²) in [5.74, 6) is -2.42. The number of amides is 2. The fourth-order valence-corrected chi connectivity index (χ4v) is 2.46. The molecule has 0 aliphatic heterocycles. The van der Waals surface area contributed by atoms with Crippen LogP contribution in [0, 0.1) is 0 Å². The Balaban J connectivity index is 2.90. The zero-order chi connectivity index (χ0) is 21.3. The van der Waals surface area contributed by atoms with Crippen molar-refractivity contribution in [2.24, 2.45) is 0 Å². The van der Waals surface area contributed by atoms with Crippen molar-refractivity contribution in [2.75, 3.05) is 7.11 Å². The number of methoxy groups -OCH3 is 1. The number of hydrogen-bond acceptors (Lipinski definition) is 6. The highest BCUT2D eigenvalue weighted by molar-refractivity contribution is 5.92. The van der Waals surface area contributed by atoms with Gasteiger partial charge in [-0.15, -0.1) is 0 Å². The second kappa shape index (κ2) is 10.4. The van der Waals surface area contributed by atoms with Crippen molar-refractivity contribution in [3.05, 3.63) is 35.9 Å². The maximum Gasteiger partial charge on any atom is 0.328 e. The highest BCUT2D eigenvalue weighted by Crippen LogP contribution is 2.10. The Kier molecular flexibility index (Phi) is 8.63. The van der Waals surface area contributed by atoms with Crippen molar-refractivity contribution in [3.8, 4) is 0 Å². The minimum absolute atomic E-state index is 0.229. The number of esters is 2. The zero-order valence-corrected chi connectivity index (χ0v) is 16.9. The molecule has 0 radical (unpaired) electrons. The molecule has 0 saturated heterocycles. The molecule has 0 heterocycles. The molecule has 28 heavy (non-hydrogen) atoms. The van der Waals surface area contributed by atoms with E-state index in [2.05, 4.69) is 15.4 Å². The summed E-state index contributed by atoms with van der Waals surface area (Å²) in [4.78, 5) is 48.3. The van der Waals surface area contributed by atoms with E-state index in [0.29, 0.717) is 0 Å². The summed E-state index contributed by atoms with van der Waals surface area (Å²) in [6.07, 6.45) is -0.152. The van der Waals surface area contributed by atoms with Crippen molar-refractivity contribution in [1.29, 1.82) is 0 Å². The average Bonchev–Trinajstić information content (AvgIpc) is 2.58. The van der Waals surface area contributed by atoms with E-state index in [9.17, 15) is 19.2 Å². The second-order valence-corrected chi connectivity index (χ2v) is 7.32. The number of carbonyl (C=O) groups is 4. The quantitative estimate of drug-likeness (QED) is 0.642. The van der Waals surface area contributed by atoms with Crippen LogP contribution in [0.2, 0.25) is 0 Å². The van der Waals surface area contributed by atoms with Gasteiger partial charge in [-0.1, -0.05) is 30.3 Å². The summed E-state index contributed by atoms with van der Waals surface area (Å²) < 4.78 is 9.87. The van der Waals surface area contributed by atoms with Gasteiger partial charge in [-0.3, -0.25) is 14.4 Å². The average molecular weight is 392 g/mol. The maximum absolute atomic E-state index is 12.7. The van der Waals surface area contributed by atoms with Crippen molar-refractivity contribution in [3.63, 3.8) is 0 Å². The lowest BCUT2D eigenvalue weighted by molar-refractivity contribution is -0.159. The number of hydrogen-bond donors (Lipinski definition) is 2. The first-order valence-electron chi connectivity index (χ1n) is 8.93. The summed E-state index contributed by atoms with van der Waals surface area (Å²) in [5.41, 5.74) is 0.103. The van der Waals surface area contributed by atoms with E-state index in [1.54, 1.807) is 20.8 Å². The molecule has 0 aromatic heterocycles. The van der Waals surface area contributed by atoms with Crippen molar-refractivity contribution < 1.29 is 28.7 Å². The van der Waals surface area contributed by atoms with Gasteiger partial charge in [-0.05, 0) is 26.3 Å². The lowest BCUT2D eigenvalue weighted by Crippen LogP contribution is -2.53. The third kappa shape index (κ3) is 8.66. The maximum atomic E-state index is 12.7. The molecular formula is C20H28N2O6. The van der Waals surface area contributed by atoms with Gasteiger partial charge in [-0.2, -0.15) is 0 Å². The molecule has 0 aliphatic rings. The Hall–Kier alpha value is -2.90. The molecule has 2 atom stereocenters. The van der Waals surface area contributed by atoms with Gasteiger partial charge in [0.05, 0.1) is 13.5 Å². The molecule has 1 rings (SSSR count). The lowest BCUT2D eigenvalue weighted by atomic mass is 10.0. The molecule has 8 heteroatoms. The van der Waals surface area contributed by atoms with Crippen LogP contribution in [0.1, 0.15) is 39.7 Å². The van der Waals surface area contributed by atoms with Crippen LogP contribution in [-0.4, -0.2) is 48.5 Å². The minimum Gasteiger partial charge on any atom is -0.467 e. The molecule has 0 spiro atoms. The molecule has 1 aromatic carbocycles. The van der Waals surface area contributed by atoms with Crippen LogP contribution in [0.3, 0.4) is 0 Å².